The molecule has 0 unspecified atom stereocenters. The fourth-order valence-electron chi connectivity index (χ4n) is 6.93. The van der Waals surface area contributed by atoms with E-state index in [0.717, 1.165) is 89.4 Å². The number of aromatic amines is 2. The molecule has 6 N–H and O–H groups in total. The van der Waals surface area contributed by atoms with Crippen LogP contribution in [0, 0.1) is 0 Å². The van der Waals surface area contributed by atoms with Crippen LogP contribution in [0.4, 0.5) is 0 Å². The SMILES string of the molecule is Oc1ccc(-c2c3nc(c(-c4ccc(O)cc4)c4ccc([nH]4)c(-c4ccc(O)cc4)c4nc(c(-c5ccc(O)cc5)c5ccc2[nH]5)C=C4)C=C3)cc1.[Co]. The zero-order chi connectivity index (χ0) is 35.3. The number of fused-ring (bicyclic) bond motifs is 8. The number of aromatic hydroxyl groups is 4. The summed E-state index contributed by atoms with van der Waals surface area (Å²) in [5.74, 6) is 0.651. The van der Waals surface area contributed by atoms with Crippen LogP contribution >= 0.6 is 0 Å². The summed E-state index contributed by atoms with van der Waals surface area (Å²) in [5, 5.41) is 40.7. The van der Waals surface area contributed by atoms with E-state index in [1.54, 1.807) is 48.5 Å². The van der Waals surface area contributed by atoms with Gasteiger partial charge in [0.15, 0.2) is 0 Å². The summed E-state index contributed by atoms with van der Waals surface area (Å²) in [6.07, 6.45) is 7.96. The maximum atomic E-state index is 10.2. The van der Waals surface area contributed by atoms with Crippen LogP contribution in [0.3, 0.4) is 0 Å². The molecule has 2 aliphatic rings. The van der Waals surface area contributed by atoms with Crippen molar-refractivity contribution in [2.75, 3.05) is 0 Å². The van der Waals surface area contributed by atoms with E-state index < -0.39 is 0 Å². The first-order chi connectivity index (χ1) is 25.4. The minimum absolute atomic E-state index is 0. The fraction of sp³-hybridized carbons (Fsp3) is 0. The molecule has 0 atom stereocenters. The first kappa shape index (κ1) is 33.3. The summed E-state index contributed by atoms with van der Waals surface area (Å²) in [5.41, 5.74) is 12.9. The Morgan fingerprint density at radius 3 is 0.717 bits per heavy atom. The Morgan fingerprint density at radius 2 is 0.509 bits per heavy atom. The van der Waals surface area contributed by atoms with Crippen molar-refractivity contribution in [2.24, 2.45) is 0 Å². The van der Waals surface area contributed by atoms with Gasteiger partial charge in [0.2, 0.25) is 0 Å². The Labute approximate surface area is 314 Å². The second-order valence-electron chi connectivity index (χ2n) is 12.7. The number of hydrogen-bond donors (Lipinski definition) is 6. The predicted molar refractivity (Wildman–Crippen MR) is 207 cm³/mol. The van der Waals surface area contributed by atoms with E-state index >= 15 is 0 Å². The van der Waals surface area contributed by atoms with E-state index in [0.29, 0.717) is 0 Å². The van der Waals surface area contributed by atoms with E-state index in [1.807, 2.05) is 97.1 Å². The monoisotopic (exact) mass is 737 g/mol. The van der Waals surface area contributed by atoms with E-state index in [2.05, 4.69) is 9.97 Å². The number of phenolic OH excluding ortho intramolecular Hbond substituents is 4. The van der Waals surface area contributed by atoms with Crippen LogP contribution in [0.25, 0.3) is 90.9 Å². The second-order valence-corrected chi connectivity index (χ2v) is 12.7. The van der Waals surface area contributed by atoms with Crippen molar-refractivity contribution < 1.29 is 37.2 Å². The van der Waals surface area contributed by atoms with Crippen LogP contribution in [0.15, 0.2) is 121 Å². The van der Waals surface area contributed by atoms with Crippen LogP contribution in [0.1, 0.15) is 22.8 Å². The van der Waals surface area contributed by atoms with Crippen LogP contribution in [0.5, 0.6) is 23.0 Å². The van der Waals surface area contributed by atoms with Gasteiger partial charge in [0.1, 0.15) is 23.0 Å². The zero-order valence-electron chi connectivity index (χ0n) is 27.9. The molecular weight excluding hydrogens is 707 g/mol. The molecule has 8 bridgehead atoms. The van der Waals surface area contributed by atoms with Crippen LogP contribution < -0.4 is 0 Å². The summed E-state index contributed by atoms with van der Waals surface area (Å²) in [6, 6.07) is 36.3. The van der Waals surface area contributed by atoms with Gasteiger partial charge in [0.25, 0.3) is 0 Å². The third-order valence-corrected chi connectivity index (χ3v) is 9.38. The fourth-order valence-corrected chi connectivity index (χ4v) is 6.93. The van der Waals surface area contributed by atoms with Crippen molar-refractivity contribution in [1.29, 1.82) is 0 Å². The number of phenols is 4. The molecule has 7 aromatic rings. The topological polar surface area (TPSA) is 138 Å². The van der Waals surface area contributed by atoms with Crippen molar-refractivity contribution in [2.45, 2.75) is 0 Å². The van der Waals surface area contributed by atoms with Gasteiger partial charge in [-0.2, -0.15) is 0 Å². The van der Waals surface area contributed by atoms with Gasteiger partial charge < -0.3 is 30.4 Å². The molecule has 0 spiro atoms. The Hall–Kier alpha value is -6.81. The molecule has 8 nitrogen and oxygen atoms in total. The molecule has 1 radical (unpaired) electrons. The quantitative estimate of drug-likeness (QED) is 0.106. The first-order valence-corrected chi connectivity index (χ1v) is 16.7. The molecule has 53 heavy (non-hydrogen) atoms. The van der Waals surface area contributed by atoms with Gasteiger partial charge in [-0.3, -0.25) is 0 Å². The summed E-state index contributed by atoms with van der Waals surface area (Å²) >= 11 is 0. The molecule has 0 aliphatic carbocycles. The standard InChI is InChI=1S/C44H30N4O4.Co/c49-29-9-1-25(2-10-29)41-33-17-19-35(45-33)42(26-3-11-30(50)12-4-26)37-21-23-39(47-37)44(28-7-15-32(52)16-8-28)40-24-22-38(48-40)43(36-20-18-34(41)46-36)27-5-13-31(51)14-6-27;/h1-24,45,48-52H;. The molecule has 4 aromatic carbocycles. The molecule has 0 saturated heterocycles. The van der Waals surface area contributed by atoms with Crippen molar-refractivity contribution in [1.82, 2.24) is 19.9 Å². The minimum Gasteiger partial charge on any atom is -0.508 e. The van der Waals surface area contributed by atoms with Gasteiger partial charge >= 0.3 is 0 Å². The minimum atomic E-state index is 0. The maximum absolute atomic E-state index is 10.2. The van der Waals surface area contributed by atoms with Gasteiger partial charge in [-0.15, -0.1) is 0 Å². The average Bonchev–Trinajstić information content (AvgIpc) is 3.99. The number of nitrogens with one attached hydrogen (secondary N) is 2. The molecule has 0 fully saturated rings. The smallest absolute Gasteiger partial charge is 0.115 e. The molecule has 9 rings (SSSR count). The predicted octanol–water partition coefficient (Wildman–Crippen LogP) is 10.1. The summed E-state index contributed by atoms with van der Waals surface area (Å²) in [7, 11) is 0. The van der Waals surface area contributed by atoms with Gasteiger partial charge in [-0.05, 0) is 119 Å². The van der Waals surface area contributed by atoms with E-state index in [-0.39, 0.29) is 39.8 Å². The van der Waals surface area contributed by atoms with Crippen molar-refractivity contribution in [3.05, 3.63) is 144 Å². The Morgan fingerprint density at radius 1 is 0.302 bits per heavy atom. The van der Waals surface area contributed by atoms with Crippen molar-refractivity contribution in [3.63, 3.8) is 0 Å². The van der Waals surface area contributed by atoms with Crippen LogP contribution in [-0.2, 0) is 16.8 Å². The number of rotatable bonds is 4. The van der Waals surface area contributed by atoms with Crippen molar-refractivity contribution in [3.8, 4) is 67.5 Å². The first-order valence-electron chi connectivity index (χ1n) is 16.7. The molecular formula is C44H30CoN4O4. The number of benzene rings is 4. The maximum Gasteiger partial charge on any atom is 0.115 e. The summed E-state index contributed by atoms with van der Waals surface area (Å²) in [4.78, 5) is 17.8. The zero-order valence-corrected chi connectivity index (χ0v) is 28.9. The van der Waals surface area contributed by atoms with Gasteiger partial charge in [-0.1, -0.05) is 48.5 Å². The third kappa shape index (κ3) is 6.14. The van der Waals surface area contributed by atoms with E-state index in [9.17, 15) is 20.4 Å². The third-order valence-electron chi connectivity index (χ3n) is 9.38. The largest absolute Gasteiger partial charge is 0.508 e. The molecule has 5 heterocycles. The Balaban J connectivity index is 0.00000400. The van der Waals surface area contributed by atoms with Gasteiger partial charge in [0.05, 0.1) is 22.8 Å². The average molecular weight is 738 g/mol. The summed E-state index contributed by atoms with van der Waals surface area (Å²) in [6.45, 7) is 0. The molecule has 3 aromatic heterocycles. The normalized spacial score (nSPS) is 11.8. The molecule has 0 amide bonds. The number of nitrogens with zero attached hydrogens (tertiary/aromatic N) is 2. The van der Waals surface area contributed by atoms with Crippen LogP contribution in [0.2, 0.25) is 0 Å². The summed E-state index contributed by atoms with van der Waals surface area (Å²) < 4.78 is 0. The number of H-pyrrole nitrogens is 2. The van der Waals surface area contributed by atoms with Crippen molar-refractivity contribution >= 4 is 46.4 Å². The molecule has 0 saturated carbocycles. The second kappa shape index (κ2) is 13.4. The van der Waals surface area contributed by atoms with Gasteiger partial charge in [0, 0.05) is 61.1 Å². The van der Waals surface area contributed by atoms with Gasteiger partial charge in [-0.25, -0.2) is 9.97 Å². The molecule has 2 aliphatic heterocycles. The van der Waals surface area contributed by atoms with Crippen LogP contribution in [-0.4, -0.2) is 40.4 Å². The molecule has 9 heteroatoms. The van der Waals surface area contributed by atoms with E-state index in [4.69, 9.17) is 9.97 Å². The molecule has 259 valence electrons. The Bertz CT molecular complexity index is 2370. The Kier molecular flexibility index (Phi) is 8.42. The number of aromatic nitrogens is 4. The number of hydrogen-bond acceptors (Lipinski definition) is 6. The van der Waals surface area contributed by atoms with E-state index in [1.165, 1.54) is 0 Å².